The van der Waals surface area contributed by atoms with Crippen LogP contribution in [0.3, 0.4) is 0 Å². The molecule has 1 aromatic carbocycles. The lowest BCUT2D eigenvalue weighted by atomic mass is 10.2. The fourth-order valence-corrected chi connectivity index (χ4v) is 3.09. The number of anilines is 1. The lowest BCUT2D eigenvalue weighted by molar-refractivity contribution is 0.182. The largest absolute Gasteiger partial charge is 0.367 e. The predicted octanol–water partition coefficient (Wildman–Crippen LogP) is 3.55. The molecule has 132 valence electrons. The molecule has 25 heavy (non-hydrogen) atoms. The van der Waals surface area contributed by atoms with Gasteiger partial charge < -0.3 is 10.3 Å². The fourth-order valence-electron chi connectivity index (χ4n) is 3.09. The number of aromatic nitrogens is 4. The van der Waals surface area contributed by atoms with E-state index >= 15 is 0 Å². The van der Waals surface area contributed by atoms with E-state index in [1.807, 2.05) is 30.3 Å². The molecule has 0 aliphatic rings. The maximum atomic E-state index is 4.72. The van der Waals surface area contributed by atoms with Crippen molar-refractivity contribution in [2.24, 2.45) is 0 Å². The molecule has 0 unspecified atom stereocenters. The van der Waals surface area contributed by atoms with Gasteiger partial charge in [-0.05, 0) is 27.7 Å². The molecular formula is C19H26N6. The average Bonchev–Trinajstić information content (AvgIpc) is 3.07. The Hall–Kier alpha value is -2.47. The minimum atomic E-state index is 0.513. The van der Waals surface area contributed by atoms with Crippen LogP contribution in [0.4, 0.5) is 5.82 Å². The summed E-state index contributed by atoms with van der Waals surface area (Å²) in [4.78, 5) is 19.2. The van der Waals surface area contributed by atoms with Gasteiger partial charge in [0.15, 0.2) is 17.3 Å². The molecule has 6 nitrogen and oxygen atoms in total. The minimum absolute atomic E-state index is 0.513. The summed E-state index contributed by atoms with van der Waals surface area (Å²) >= 11 is 0. The smallest absolute Gasteiger partial charge is 0.183 e. The Bertz CT molecular complexity index is 801. The van der Waals surface area contributed by atoms with Crippen LogP contribution in [-0.4, -0.2) is 50.0 Å². The van der Waals surface area contributed by atoms with Crippen LogP contribution in [0.15, 0.2) is 36.7 Å². The van der Waals surface area contributed by atoms with E-state index in [0.717, 1.165) is 30.0 Å². The predicted molar refractivity (Wildman–Crippen MR) is 103 cm³/mol. The topological polar surface area (TPSA) is 69.7 Å². The third-order valence-corrected chi connectivity index (χ3v) is 4.31. The number of nitrogens with zero attached hydrogens (tertiary/aromatic N) is 4. The first-order valence-corrected chi connectivity index (χ1v) is 8.82. The Labute approximate surface area is 148 Å². The molecule has 0 bridgehead atoms. The highest BCUT2D eigenvalue weighted by Gasteiger charge is 2.14. The van der Waals surface area contributed by atoms with Crippen LogP contribution < -0.4 is 5.32 Å². The highest BCUT2D eigenvalue weighted by molar-refractivity contribution is 5.84. The van der Waals surface area contributed by atoms with Crippen molar-refractivity contribution in [3.63, 3.8) is 0 Å². The Morgan fingerprint density at radius 1 is 1.04 bits per heavy atom. The molecule has 2 heterocycles. The summed E-state index contributed by atoms with van der Waals surface area (Å²) in [6, 6.07) is 11.0. The number of imidazole rings is 1. The fraction of sp³-hybridized carbons (Fsp3) is 0.421. The van der Waals surface area contributed by atoms with Crippen LogP contribution in [0.2, 0.25) is 0 Å². The third-order valence-electron chi connectivity index (χ3n) is 4.31. The maximum absolute atomic E-state index is 4.72. The summed E-state index contributed by atoms with van der Waals surface area (Å²) in [5.74, 6) is 1.49. The van der Waals surface area contributed by atoms with Gasteiger partial charge in [0.2, 0.25) is 0 Å². The van der Waals surface area contributed by atoms with Gasteiger partial charge in [0.1, 0.15) is 5.52 Å². The van der Waals surface area contributed by atoms with Gasteiger partial charge in [-0.15, -0.1) is 0 Å². The van der Waals surface area contributed by atoms with Gasteiger partial charge in [0.25, 0.3) is 0 Å². The molecule has 6 heteroatoms. The molecule has 0 radical (unpaired) electrons. The number of benzene rings is 1. The maximum Gasteiger partial charge on any atom is 0.183 e. The molecule has 2 aromatic heterocycles. The highest BCUT2D eigenvalue weighted by atomic mass is 15.2. The van der Waals surface area contributed by atoms with Crippen molar-refractivity contribution >= 4 is 17.0 Å². The van der Waals surface area contributed by atoms with Gasteiger partial charge in [0, 0.05) is 30.7 Å². The second kappa shape index (κ2) is 7.61. The molecule has 0 atom stereocenters. The highest BCUT2D eigenvalue weighted by Crippen LogP contribution is 2.22. The summed E-state index contributed by atoms with van der Waals surface area (Å²) in [6.07, 6.45) is 1.66. The van der Waals surface area contributed by atoms with Crippen molar-refractivity contribution < 1.29 is 0 Å². The molecule has 0 aliphatic carbocycles. The first-order valence-electron chi connectivity index (χ1n) is 8.82. The first-order chi connectivity index (χ1) is 12.1. The quantitative estimate of drug-likeness (QED) is 0.689. The van der Waals surface area contributed by atoms with Gasteiger partial charge in [-0.25, -0.2) is 15.0 Å². The van der Waals surface area contributed by atoms with Crippen molar-refractivity contribution in [2.45, 2.75) is 39.8 Å². The molecule has 3 rings (SSSR count). The summed E-state index contributed by atoms with van der Waals surface area (Å²) in [6.45, 7) is 10.7. The van der Waals surface area contributed by atoms with Crippen molar-refractivity contribution in [2.75, 3.05) is 18.4 Å². The molecule has 0 spiro atoms. The van der Waals surface area contributed by atoms with E-state index < -0.39 is 0 Å². The molecule has 2 N–H and O–H groups in total. The average molecular weight is 338 g/mol. The van der Waals surface area contributed by atoms with Gasteiger partial charge in [-0.3, -0.25) is 4.90 Å². The summed E-state index contributed by atoms with van der Waals surface area (Å²) in [5.41, 5.74) is 2.52. The van der Waals surface area contributed by atoms with Crippen LogP contribution in [0.5, 0.6) is 0 Å². The lowest BCUT2D eigenvalue weighted by Gasteiger charge is -2.30. The Balaban J connectivity index is 1.82. The van der Waals surface area contributed by atoms with Gasteiger partial charge in [-0.2, -0.15) is 0 Å². The second-order valence-electron chi connectivity index (χ2n) is 6.72. The number of fused-ring (bicyclic) bond motifs is 1. The number of aromatic amines is 1. The Morgan fingerprint density at radius 3 is 2.44 bits per heavy atom. The number of hydrogen-bond acceptors (Lipinski definition) is 5. The molecule has 0 fully saturated rings. The lowest BCUT2D eigenvalue weighted by Crippen LogP contribution is -2.40. The van der Waals surface area contributed by atoms with Crippen LogP contribution in [-0.2, 0) is 0 Å². The van der Waals surface area contributed by atoms with Crippen molar-refractivity contribution in [1.29, 1.82) is 0 Å². The zero-order valence-electron chi connectivity index (χ0n) is 15.3. The van der Waals surface area contributed by atoms with E-state index in [2.05, 4.69) is 52.9 Å². The molecule has 3 aromatic rings. The molecule has 0 aliphatic heterocycles. The van der Waals surface area contributed by atoms with Crippen molar-refractivity contribution in [3.05, 3.63) is 36.7 Å². The van der Waals surface area contributed by atoms with Gasteiger partial charge in [0.05, 0.1) is 6.33 Å². The van der Waals surface area contributed by atoms with Gasteiger partial charge >= 0.3 is 0 Å². The van der Waals surface area contributed by atoms with Crippen molar-refractivity contribution in [1.82, 2.24) is 24.8 Å². The van der Waals surface area contributed by atoms with E-state index in [9.17, 15) is 0 Å². The molecule has 0 amide bonds. The van der Waals surface area contributed by atoms with E-state index in [1.165, 1.54) is 0 Å². The SMILES string of the molecule is CC(C)N(CCNc1nc(-c2ccccc2)nc2nc[nH]c12)C(C)C. The summed E-state index contributed by atoms with van der Waals surface area (Å²) < 4.78 is 0. The van der Waals surface area contributed by atoms with Gasteiger partial charge in [-0.1, -0.05) is 30.3 Å². The summed E-state index contributed by atoms with van der Waals surface area (Å²) in [7, 11) is 0. The molecular weight excluding hydrogens is 312 g/mol. The number of rotatable bonds is 7. The van der Waals surface area contributed by atoms with E-state index in [-0.39, 0.29) is 0 Å². The monoisotopic (exact) mass is 338 g/mol. The summed E-state index contributed by atoms with van der Waals surface area (Å²) in [5, 5.41) is 3.46. The first kappa shape index (κ1) is 17.4. The van der Waals surface area contributed by atoms with Crippen LogP contribution in [0.25, 0.3) is 22.6 Å². The minimum Gasteiger partial charge on any atom is -0.367 e. The normalized spacial score (nSPS) is 11.8. The third kappa shape index (κ3) is 3.96. The number of nitrogens with one attached hydrogen (secondary N) is 2. The van der Waals surface area contributed by atoms with Crippen LogP contribution >= 0.6 is 0 Å². The number of hydrogen-bond donors (Lipinski definition) is 2. The molecule has 0 saturated heterocycles. The van der Waals surface area contributed by atoms with Crippen LogP contribution in [0.1, 0.15) is 27.7 Å². The Morgan fingerprint density at radius 2 is 1.76 bits per heavy atom. The second-order valence-corrected chi connectivity index (χ2v) is 6.72. The van der Waals surface area contributed by atoms with E-state index in [0.29, 0.717) is 23.6 Å². The van der Waals surface area contributed by atoms with Crippen LogP contribution in [0, 0.1) is 0 Å². The molecule has 0 saturated carbocycles. The van der Waals surface area contributed by atoms with Crippen molar-refractivity contribution in [3.8, 4) is 11.4 Å². The zero-order valence-corrected chi connectivity index (χ0v) is 15.3. The van der Waals surface area contributed by atoms with E-state index in [1.54, 1.807) is 6.33 Å². The standard InChI is InChI=1S/C19H26N6/c1-13(2)25(14(3)4)11-10-20-18-16-19(22-12-21-16)24-17(23-18)15-8-6-5-7-9-15/h5-9,12-14H,10-11H2,1-4H3,(H2,20,21,22,23,24). The number of H-pyrrole nitrogens is 1. The Kier molecular flexibility index (Phi) is 5.28. The zero-order chi connectivity index (χ0) is 17.8. The van der Waals surface area contributed by atoms with E-state index in [4.69, 9.17) is 4.98 Å².